The van der Waals surface area contributed by atoms with Crippen LogP contribution in [0.25, 0.3) is 0 Å². The molecule has 0 spiro atoms. The van der Waals surface area contributed by atoms with Gasteiger partial charge in [0.25, 0.3) is 0 Å². The van der Waals surface area contributed by atoms with E-state index in [-0.39, 0.29) is 5.60 Å². The third-order valence-corrected chi connectivity index (χ3v) is 3.97. The van der Waals surface area contributed by atoms with Gasteiger partial charge in [0.05, 0.1) is 5.60 Å². The molecule has 0 radical (unpaired) electrons. The topological polar surface area (TPSA) is 21.3 Å². The Morgan fingerprint density at radius 2 is 2.06 bits per heavy atom. The summed E-state index contributed by atoms with van der Waals surface area (Å²) in [5.41, 5.74) is 1.25. The molecule has 1 aliphatic heterocycles. The lowest BCUT2D eigenvalue weighted by Gasteiger charge is -2.41. The summed E-state index contributed by atoms with van der Waals surface area (Å²) >= 11 is 0. The smallest absolute Gasteiger partial charge is 0.0943 e. The van der Waals surface area contributed by atoms with Gasteiger partial charge in [-0.25, -0.2) is 0 Å². The van der Waals surface area contributed by atoms with E-state index in [1.165, 1.54) is 12.0 Å². The van der Waals surface area contributed by atoms with Crippen molar-refractivity contribution in [3.05, 3.63) is 35.9 Å². The molecule has 0 aliphatic carbocycles. The lowest BCUT2D eigenvalue weighted by Crippen LogP contribution is -2.45. The van der Waals surface area contributed by atoms with Gasteiger partial charge < -0.3 is 10.1 Å². The van der Waals surface area contributed by atoms with Crippen molar-refractivity contribution in [1.29, 1.82) is 0 Å². The number of hydrogen-bond acceptors (Lipinski definition) is 2. The highest BCUT2D eigenvalue weighted by Gasteiger charge is 2.37. The van der Waals surface area contributed by atoms with Crippen LogP contribution in [0.15, 0.2) is 30.3 Å². The highest BCUT2D eigenvalue weighted by molar-refractivity contribution is 5.23. The van der Waals surface area contributed by atoms with Crippen LogP contribution in [0.4, 0.5) is 0 Å². The molecule has 2 atom stereocenters. The fourth-order valence-corrected chi connectivity index (χ4v) is 2.87. The Balaban J connectivity index is 2.12. The minimum absolute atomic E-state index is 0.0785. The molecule has 0 amide bonds. The van der Waals surface area contributed by atoms with E-state index in [1.807, 2.05) is 0 Å². The van der Waals surface area contributed by atoms with Crippen LogP contribution in [0.5, 0.6) is 0 Å². The Kier molecular flexibility index (Phi) is 4.79. The lowest BCUT2D eigenvalue weighted by atomic mass is 9.82. The van der Waals surface area contributed by atoms with Crippen LogP contribution in [0.2, 0.25) is 0 Å². The highest BCUT2D eigenvalue weighted by atomic mass is 16.5. The van der Waals surface area contributed by atoms with Crippen LogP contribution in [-0.4, -0.2) is 19.2 Å². The first-order chi connectivity index (χ1) is 8.80. The third kappa shape index (κ3) is 2.93. The average Bonchev–Trinajstić information content (AvgIpc) is 2.46. The van der Waals surface area contributed by atoms with Crippen molar-refractivity contribution in [3.63, 3.8) is 0 Å². The molecule has 100 valence electrons. The zero-order valence-electron chi connectivity index (χ0n) is 11.6. The monoisotopic (exact) mass is 247 g/mol. The van der Waals surface area contributed by atoms with Gasteiger partial charge in [0, 0.05) is 12.6 Å². The first kappa shape index (κ1) is 13.6. The fraction of sp³-hybridized carbons (Fsp3) is 0.625. The van der Waals surface area contributed by atoms with Gasteiger partial charge in [-0.15, -0.1) is 0 Å². The minimum Gasteiger partial charge on any atom is -0.370 e. The number of ether oxygens (including phenoxy) is 1. The zero-order valence-corrected chi connectivity index (χ0v) is 11.6. The molecule has 0 aromatic heterocycles. The quantitative estimate of drug-likeness (QED) is 0.860. The van der Waals surface area contributed by atoms with Gasteiger partial charge in [-0.1, -0.05) is 44.2 Å². The van der Waals surface area contributed by atoms with E-state index in [0.29, 0.717) is 6.04 Å². The van der Waals surface area contributed by atoms with Crippen molar-refractivity contribution in [1.82, 2.24) is 5.32 Å². The number of benzene rings is 1. The summed E-state index contributed by atoms with van der Waals surface area (Å²) in [6.07, 6.45) is 4.46. The normalized spacial score (nSPS) is 28.2. The molecule has 1 N–H and O–H groups in total. The van der Waals surface area contributed by atoms with E-state index in [9.17, 15) is 0 Å². The molecule has 1 aromatic rings. The average molecular weight is 247 g/mol. The maximum atomic E-state index is 6.17. The van der Waals surface area contributed by atoms with E-state index in [0.717, 1.165) is 32.4 Å². The first-order valence-electron chi connectivity index (χ1n) is 7.23. The number of nitrogens with one attached hydrogen (secondary N) is 1. The molecule has 1 fully saturated rings. The molecule has 0 bridgehead atoms. The predicted molar refractivity (Wildman–Crippen MR) is 75.7 cm³/mol. The summed E-state index contributed by atoms with van der Waals surface area (Å²) < 4.78 is 6.17. The van der Waals surface area contributed by atoms with Crippen LogP contribution in [0.3, 0.4) is 0 Å². The Morgan fingerprint density at radius 3 is 2.72 bits per heavy atom. The molecule has 2 rings (SSSR count). The molecular weight excluding hydrogens is 222 g/mol. The molecule has 18 heavy (non-hydrogen) atoms. The maximum Gasteiger partial charge on any atom is 0.0943 e. The van der Waals surface area contributed by atoms with Crippen LogP contribution in [0.1, 0.15) is 45.1 Å². The molecule has 2 nitrogen and oxygen atoms in total. The largest absolute Gasteiger partial charge is 0.370 e. The van der Waals surface area contributed by atoms with Crippen molar-refractivity contribution in [3.8, 4) is 0 Å². The Morgan fingerprint density at radius 1 is 1.28 bits per heavy atom. The Hall–Kier alpha value is -0.860. The van der Waals surface area contributed by atoms with Gasteiger partial charge in [0.1, 0.15) is 0 Å². The highest BCUT2D eigenvalue weighted by Crippen LogP contribution is 2.38. The molecule has 2 unspecified atom stereocenters. The van der Waals surface area contributed by atoms with E-state index in [1.54, 1.807) is 0 Å². The SMILES string of the molecule is CCCNC1CCOC(CC)(c2ccccc2)C1. The van der Waals surface area contributed by atoms with Crippen LogP contribution < -0.4 is 5.32 Å². The van der Waals surface area contributed by atoms with Gasteiger partial charge in [-0.3, -0.25) is 0 Å². The van der Waals surface area contributed by atoms with Crippen molar-refractivity contribution in [2.75, 3.05) is 13.2 Å². The van der Waals surface area contributed by atoms with Gasteiger partial charge in [-0.2, -0.15) is 0 Å². The van der Waals surface area contributed by atoms with E-state index in [2.05, 4.69) is 49.5 Å². The molecule has 2 heteroatoms. The standard InChI is InChI=1S/C16H25NO/c1-3-11-17-15-10-12-18-16(4-2,13-15)14-8-6-5-7-9-14/h5-9,15,17H,3-4,10-13H2,1-2H3. The van der Waals surface area contributed by atoms with Gasteiger partial charge >= 0.3 is 0 Å². The molecule has 1 heterocycles. The van der Waals surface area contributed by atoms with Gasteiger partial charge in [0.15, 0.2) is 0 Å². The first-order valence-corrected chi connectivity index (χ1v) is 7.23. The molecule has 0 saturated carbocycles. The number of rotatable bonds is 5. The van der Waals surface area contributed by atoms with E-state index < -0.39 is 0 Å². The van der Waals surface area contributed by atoms with E-state index >= 15 is 0 Å². The summed E-state index contributed by atoms with van der Waals surface area (Å²) in [5.74, 6) is 0. The maximum absolute atomic E-state index is 6.17. The van der Waals surface area contributed by atoms with Crippen LogP contribution in [-0.2, 0) is 10.3 Å². The van der Waals surface area contributed by atoms with Crippen LogP contribution in [0, 0.1) is 0 Å². The Labute approximate surface area is 111 Å². The van der Waals surface area contributed by atoms with Crippen molar-refractivity contribution < 1.29 is 4.74 Å². The second kappa shape index (κ2) is 6.35. The lowest BCUT2D eigenvalue weighted by molar-refractivity contribution is -0.0968. The van der Waals surface area contributed by atoms with Crippen LogP contribution >= 0.6 is 0 Å². The van der Waals surface area contributed by atoms with Gasteiger partial charge in [-0.05, 0) is 37.8 Å². The Bertz CT molecular complexity index is 351. The molecule has 1 aromatic carbocycles. The van der Waals surface area contributed by atoms with E-state index in [4.69, 9.17) is 4.74 Å². The summed E-state index contributed by atoms with van der Waals surface area (Å²) in [6, 6.07) is 11.3. The third-order valence-electron chi connectivity index (χ3n) is 3.97. The second-order valence-corrected chi connectivity index (χ2v) is 5.21. The predicted octanol–water partition coefficient (Wildman–Crippen LogP) is 3.47. The van der Waals surface area contributed by atoms with Crippen molar-refractivity contribution in [2.24, 2.45) is 0 Å². The molecule has 1 aliphatic rings. The van der Waals surface area contributed by atoms with Gasteiger partial charge in [0.2, 0.25) is 0 Å². The minimum atomic E-state index is -0.0785. The number of hydrogen-bond donors (Lipinski definition) is 1. The second-order valence-electron chi connectivity index (χ2n) is 5.21. The molecular formula is C16H25NO. The fourth-order valence-electron chi connectivity index (χ4n) is 2.87. The summed E-state index contributed by atoms with van der Waals surface area (Å²) in [4.78, 5) is 0. The summed E-state index contributed by atoms with van der Waals surface area (Å²) in [7, 11) is 0. The van der Waals surface area contributed by atoms with Crippen molar-refractivity contribution >= 4 is 0 Å². The zero-order chi connectivity index (χ0) is 12.8. The van der Waals surface area contributed by atoms with Crippen molar-refractivity contribution in [2.45, 2.75) is 51.2 Å². The molecule has 1 saturated heterocycles. The summed E-state index contributed by atoms with van der Waals surface area (Å²) in [6.45, 7) is 6.43. The summed E-state index contributed by atoms with van der Waals surface area (Å²) in [5, 5.41) is 3.65.